The Balaban J connectivity index is 1.97. The van der Waals surface area contributed by atoms with E-state index >= 15 is 0 Å². The van der Waals surface area contributed by atoms with Crippen molar-refractivity contribution in [3.8, 4) is 0 Å². The highest BCUT2D eigenvalue weighted by Crippen LogP contribution is 2.38. The van der Waals surface area contributed by atoms with Gasteiger partial charge in [0, 0.05) is 35.9 Å². The summed E-state index contributed by atoms with van der Waals surface area (Å²) < 4.78 is 1.85. The van der Waals surface area contributed by atoms with Gasteiger partial charge in [0.2, 0.25) is 0 Å². The van der Waals surface area contributed by atoms with E-state index in [0.29, 0.717) is 11.8 Å². The van der Waals surface area contributed by atoms with Gasteiger partial charge in [-0.3, -0.25) is 4.68 Å². The van der Waals surface area contributed by atoms with Crippen LogP contribution < -0.4 is 5.73 Å². The highest BCUT2D eigenvalue weighted by molar-refractivity contribution is 8.00. The summed E-state index contributed by atoms with van der Waals surface area (Å²) in [5.41, 5.74) is 7.11. The Kier molecular flexibility index (Phi) is 3.70. The van der Waals surface area contributed by atoms with Gasteiger partial charge in [-0.25, -0.2) is 0 Å². The number of hydrogen-bond donors (Lipinski definition) is 1. The van der Waals surface area contributed by atoms with E-state index in [9.17, 15) is 0 Å². The molecule has 0 radical (unpaired) electrons. The largest absolute Gasteiger partial charge is 0.329 e. The average molecular weight is 225 g/mol. The fraction of sp³-hybridized carbons (Fsp3) is 0.727. The van der Waals surface area contributed by atoms with Gasteiger partial charge in [0.1, 0.15) is 0 Å². The first kappa shape index (κ1) is 11.0. The summed E-state index contributed by atoms with van der Waals surface area (Å²) in [6.07, 6.45) is 9.53. The van der Waals surface area contributed by atoms with Gasteiger partial charge in [0.05, 0.1) is 6.20 Å². The van der Waals surface area contributed by atoms with Gasteiger partial charge < -0.3 is 5.73 Å². The number of aromatic nitrogens is 2. The predicted molar refractivity (Wildman–Crippen MR) is 64.9 cm³/mol. The number of nitrogens with zero attached hydrogens (tertiary/aromatic N) is 2. The molecule has 1 aromatic heterocycles. The molecular formula is C11H19N3S. The lowest BCUT2D eigenvalue weighted by Gasteiger charge is -2.17. The van der Waals surface area contributed by atoms with Crippen LogP contribution in [0, 0.1) is 0 Å². The van der Waals surface area contributed by atoms with Crippen LogP contribution in [0.15, 0.2) is 12.4 Å². The van der Waals surface area contributed by atoms with Gasteiger partial charge in [-0.1, -0.05) is 12.8 Å². The molecule has 1 aromatic rings. The molecule has 1 aliphatic rings. The first-order valence-electron chi connectivity index (χ1n) is 5.63. The summed E-state index contributed by atoms with van der Waals surface area (Å²) in [6.45, 7) is 0.715. The molecule has 15 heavy (non-hydrogen) atoms. The van der Waals surface area contributed by atoms with Crippen molar-refractivity contribution in [1.82, 2.24) is 9.78 Å². The molecule has 0 saturated heterocycles. The molecule has 0 aromatic carbocycles. The standard InChI is InChI=1S/C11H19N3S/c1-14-8-9(7-13-14)11(6-12)15-10-4-2-3-5-10/h7-8,10-11H,2-6,12H2,1H3. The molecule has 1 saturated carbocycles. The quantitative estimate of drug-likeness (QED) is 0.853. The van der Waals surface area contributed by atoms with E-state index in [0.717, 1.165) is 5.25 Å². The number of nitrogens with two attached hydrogens (primary N) is 1. The van der Waals surface area contributed by atoms with E-state index in [2.05, 4.69) is 11.3 Å². The number of hydrogen-bond acceptors (Lipinski definition) is 3. The Labute approximate surface area is 95.4 Å². The third-order valence-electron chi connectivity index (χ3n) is 2.97. The molecule has 1 unspecified atom stereocenters. The molecule has 1 aliphatic carbocycles. The Morgan fingerprint density at radius 3 is 2.87 bits per heavy atom. The van der Waals surface area contributed by atoms with Crippen molar-refractivity contribution in [2.75, 3.05) is 6.54 Å². The van der Waals surface area contributed by atoms with Crippen LogP contribution in [0.4, 0.5) is 0 Å². The highest BCUT2D eigenvalue weighted by Gasteiger charge is 2.21. The van der Waals surface area contributed by atoms with Crippen molar-refractivity contribution < 1.29 is 0 Å². The van der Waals surface area contributed by atoms with Crippen molar-refractivity contribution in [3.05, 3.63) is 18.0 Å². The van der Waals surface area contributed by atoms with Crippen molar-refractivity contribution in [2.24, 2.45) is 12.8 Å². The zero-order valence-electron chi connectivity index (χ0n) is 9.22. The third-order valence-corrected chi connectivity index (χ3v) is 4.62. The fourth-order valence-corrected chi connectivity index (χ4v) is 3.59. The van der Waals surface area contributed by atoms with Crippen LogP contribution in [0.5, 0.6) is 0 Å². The summed E-state index contributed by atoms with van der Waals surface area (Å²) in [7, 11) is 1.96. The molecular weight excluding hydrogens is 206 g/mol. The van der Waals surface area contributed by atoms with Crippen LogP contribution in [0.3, 0.4) is 0 Å². The van der Waals surface area contributed by atoms with E-state index in [4.69, 9.17) is 5.73 Å². The number of thioether (sulfide) groups is 1. The first-order valence-corrected chi connectivity index (χ1v) is 6.58. The lowest BCUT2D eigenvalue weighted by Crippen LogP contribution is -2.12. The minimum atomic E-state index is 0.432. The maximum atomic E-state index is 5.83. The average Bonchev–Trinajstić information content (AvgIpc) is 2.85. The molecule has 4 heteroatoms. The molecule has 3 nitrogen and oxygen atoms in total. The monoisotopic (exact) mass is 225 g/mol. The van der Waals surface area contributed by atoms with Gasteiger partial charge in [-0.15, -0.1) is 11.8 Å². The van der Waals surface area contributed by atoms with Gasteiger partial charge in [-0.05, 0) is 12.8 Å². The van der Waals surface area contributed by atoms with E-state index in [1.165, 1.54) is 31.2 Å². The minimum absolute atomic E-state index is 0.432. The summed E-state index contributed by atoms with van der Waals surface area (Å²) >= 11 is 2.04. The molecule has 1 heterocycles. The molecule has 0 amide bonds. The van der Waals surface area contributed by atoms with Crippen LogP contribution in [-0.2, 0) is 7.05 Å². The van der Waals surface area contributed by atoms with Crippen LogP contribution in [0.25, 0.3) is 0 Å². The molecule has 0 aliphatic heterocycles. The fourth-order valence-electron chi connectivity index (χ4n) is 2.13. The van der Waals surface area contributed by atoms with Crippen LogP contribution in [0.2, 0.25) is 0 Å². The second-order valence-electron chi connectivity index (χ2n) is 4.21. The molecule has 1 atom stereocenters. The highest BCUT2D eigenvalue weighted by atomic mass is 32.2. The Morgan fingerprint density at radius 1 is 1.60 bits per heavy atom. The van der Waals surface area contributed by atoms with E-state index in [1.54, 1.807) is 0 Å². The molecule has 0 spiro atoms. The van der Waals surface area contributed by atoms with Crippen molar-refractivity contribution in [2.45, 2.75) is 36.2 Å². The van der Waals surface area contributed by atoms with Crippen LogP contribution >= 0.6 is 11.8 Å². The Hall–Kier alpha value is -0.480. The van der Waals surface area contributed by atoms with Gasteiger partial charge >= 0.3 is 0 Å². The zero-order chi connectivity index (χ0) is 10.7. The molecule has 2 N–H and O–H groups in total. The van der Waals surface area contributed by atoms with Gasteiger partial charge in [-0.2, -0.15) is 5.10 Å². The smallest absolute Gasteiger partial charge is 0.0533 e. The lowest BCUT2D eigenvalue weighted by molar-refractivity contribution is 0.766. The minimum Gasteiger partial charge on any atom is -0.329 e. The third kappa shape index (κ3) is 2.75. The topological polar surface area (TPSA) is 43.8 Å². The van der Waals surface area contributed by atoms with Crippen LogP contribution in [0.1, 0.15) is 36.5 Å². The maximum Gasteiger partial charge on any atom is 0.0533 e. The number of aryl methyl sites for hydroxylation is 1. The second kappa shape index (κ2) is 5.03. The van der Waals surface area contributed by atoms with E-state index in [-0.39, 0.29) is 0 Å². The number of rotatable bonds is 4. The van der Waals surface area contributed by atoms with Crippen molar-refractivity contribution in [3.63, 3.8) is 0 Å². The Morgan fingerprint density at radius 2 is 2.33 bits per heavy atom. The van der Waals surface area contributed by atoms with Crippen LogP contribution in [-0.4, -0.2) is 21.6 Å². The van der Waals surface area contributed by atoms with Gasteiger partial charge in [0.15, 0.2) is 0 Å². The maximum absolute atomic E-state index is 5.83. The van der Waals surface area contributed by atoms with Gasteiger partial charge in [0.25, 0.3) is 0 Å². The van der Waals surface area contributed by atoms with E-state index in [1.807, 2.05) is 29.7 Å². The Bertz CT molecular complexity index is 305. The SMILES string of the molecule is Cn1cc(C(CN)SC2CCCC2)cn1. The van der Waals surface area contributed by atoms with E-state index < -0.39 is 0 Å². The first-order chi connectivity index (χ1) is 7.29. The normalized spacial score (nSPS) is 19.6. The molecule has 2 rings (SSSR count). The predicted octanol–water partition coefficient (Wildman–Crippen LogP) is 2.10. The summed E-state index contributed by atoms with van der Waals surface area (Å²) in [5.74, 6) is 0. The molecule has 84 valence electrons. The summed E-state index contributed by atoms with van der Waals surface area (Å²) in [5, 5.41) is 5.46. The lowest BCUT2D eigenvalue weighted by atomic mass is 10.2. The van der Waals surface area contributed by atoms with Crippen molar-refractivity contribution in [1.29, 1.82) is 0 Å². The summed E-state index contributed by atoms with van der Waals surface area (Å²) in [4.78, 5) is 0. The summed E-state index contributed by atoms with van der Waals surface area (Å²) in [6, 6.07) is 0. The molecule has 0 bridgehead atoms. The zero-order valence-corrected chi connectivity index (χ0v) is 10.0. The molecule has 1 fully saturated rings. The van der Waals surface area contributed by atoms with Crippen molar-refractivity contribution >= 4 is 11.8 Å². The second-order valence-corrected chi connectivity index (χ2v) is 5.72.